The van der Waals surface area contributed by atoms with Gasteiger partial charge in [0, 0.05) is 20.6 Å². The van der Waals surface area contributed by atoms with Gasteiger partial charge in [0.1, 0.15) is 24.6 Å². The molecular formula is C25H31N3O6. The third-order valence-electron chi connectivity index (χ3n) is 6.45. The van der Waals surface area contributed by atoms with Gasteiger partial charge in [-0.25, -0.2) is 9.78 Å². The lowest BCUT2D eigenvalue weighted by molar-refractivity contribution is -0.152. The van der Waals surface area contributed by atoms with E-state index in [1.165, 1.54) is 4.90 Å². The number of amides is 1. The summed E-state index contributed by atoms with van der Waals surface area (Å²) in [5.74, 6) is -0.431. The van der Waals surface area contributed by atoms with Crippen molar-refractivity contribution in [2.75, 3.05) is 27.3 Å². The minimum Gasteiger partial charge on any atom is -0.481 e. The topological polar surface area (TPSA) is 100.0 Å². The monoisotopic (exact) mass is 469 g/mol. The third kappa shape index (κ3) is 4.70. The van der Waals surface area contributed by atoms with Gasteiger partial charge < -0.3 is 19.1 Å². The summed E-state index contributed by atoms with van der Waals surface area (Å²) in [7, 11) is 3.33. The van der Waals surface area contributed by atoms with Crippen LogP contribution < -0.4 is 10.3 Å². The van der Waals surface area contributed by atoms with Gasteiger partial charge >= 0.3 is 5.97 Å². The number of carbonyl (C=O) groups is 2. The highest BCUT2D eigenvalue weighted by atomic mass is 16.5. The highest BCUT2D eigenvalue weighted by Crippen LogP contribution is 2.46. The van der Waals surface area contributed by atoms with Crippen LogP contribution in [0, 0.1) is 5.92 Å². The van der Waals surface area contributed by atoms with Crippen molar-refractivity contribution in [3.63, 3.8) is 0 Å². The number of hydrogen-bond donors (Lipinski definition) is 0. The maximum absolute atomic E-state index is 13.6. The SMILES string of the molecule is CCOC(=O)c1nc2n(c(=O)c1OCc1ccccc1)CC1CCCC2(OCC(=O)N(C)C)C1. The molecule has 2 aliphatic rings. The standard InChI is InChI=1S/C25H31N3O6/c1-4-32-23(31)20-21(33-15-17-9-6-5-7-10-17)22(30)28-14-18-11-8-12-25(13-18,24(28)26-20)34-16-19(29)27(2)3/h5-7,9-10,18H,4,8,11-16H2,1-3H3. The van der Waals surface area contributed by atoms with Crippen LogP contribution in [-0.4, -0.2) is 53.6 Å². The molecule has 0 spiro atoms. The number of aromatic nitrogens is 2. The average molecular weight is 470 g/mol. The molecule has 2 unspecified atom stereocenters. The molecule has 2 aromatic rings. The minimum absolute atomic E-state index is 0.117. The first kappa shape index (κ1) is 23.9. The van der Waals surface area contributed by atoms with E-state index in [9.17, 15) is 14.4 Å². The molecule has 34 heavy (non-hydrogen) atoms. The Balaban J connectivity index is 1.77. The number of fused-ring (bicyclic) bond motifs is 4. The molecule has 1 aliphatic carbocycles. The van der Waals surface area contributed by atoms with Gasteiger partial charge in [0.15, 0.2) is 5.69 Å². The minimum atomic E-state index is -0.912. The van der Waals surface area contributed by atoms with E-state index in [1.807, 2.05) is 30.3 Å². The van der Waals surface area contributed by atoms with Gasteiger partial charge in [-0.05, 0) is 44.1 Å². The van der Waals surface area contributed by atoms with Gasteiger partial charge in [-0.3, -0.25) is 14.2 Å². The Bertz CT molecular complexity index is 1110. The first-order valence-electron chi connectivity index (χ1n) is 11.7. The molecule has 1 amide bonds. The number of carbonyl (C=O) groups excluding carboxylic acids is 2. The Morgan fingerprint density at radius 2 is 2.00 bits per heavy atom. The number of hydrogen-bond acceptors (Lipinski definition) is 7. The molecule has 0 radical (unpaired) electrons. The lowest BCUT2D eigenvalue weighted by atomic mass is 9.74. The van der Waals surface area contributed by atoms with Crippen molar-refractivity contribution in [2.24, 2.45) is 5.92 Å². The first-order chi connectivity index (χ1) is 16.3. The average Bonchev–Trinajstić information content (AvgIpc) is 2.83. The molecule has 1 fully saturated rings. The summed E-state index contributed by atoms with van der Waals surface area (Å²) >= 11 is 0. The summed E-state index contributed by atoms with van der Waals surface area (Å²) in [6.45, 7) is 2.29. The molecule has 9 nitrogen and oxygen atoms in total. The Labute approximate surface area is 198 Å². The number of esters is 1. The normalized spacial score (nSPS) is 20.9. The van der Waals surface area contributed by atoms with Crippen LogP contribution >= 0.6 is 0 Å². The maximum atomic E-state index is 13.6. The second-order valence-corrected chi connectivity index (χ2v) is 9.06. The number of rotatable bonds is 8. The highest BCUT2D eigenvalue weighted by Gasteiger charge is 2.47. The predicted molar refractivity (Wildman–Crippen MR) is 124 cm³/mol. The summed E-state index contributed by atoms with van der Waals surface area (Å²) in [5.41, 5.74) is -0.633. The van der Waals surface area contributed by atoms with Crippen LogP contribution in [-0.2, 0) is 33.0 Å². The summed E-state index contributed by atoms with van der Waals surface area (Å²) in [6.07, 6.45) is 3.10. The van der Waals surface area contributed by atoms with Gasteiger partial charge in [-0.15, -0.1) is 0 Å². The molecule has 1 aromatic carbocycles. The van der Waals surface area contributed by atoms with Gasteiger partial charge in [0.05, 0.1) is 6.61 Å². The van der Waals surface area contributed by atoms with E-state index >= 15 is 0 Å². The molecule has 1 aliphatic heterocycles. The van der Waals surface area contributed by atoms with E-state index in [1.54, 1.807) is 25.6 Å². The van der Waals surface area contributed by atoms with Gasteiger partial charge in [0.2, 0.25) is 11.7 Å². The molecule has 4 rings (SSSR count). The van der Waals surface area contributed by atoms with Crippen molar-refractivity contribution in [2.45, 2.75) is 51.4 Å². The van der Waals surface area contributed by atoms with Crippen molar-refractivity contribution in [3.05, 3.63) is 57.8 Å². The fourth-order valence-corrected chi connectivity index (χ4v) is 4.74. The number of ether oxygens (including phenoxy) is 3. The molecule has 0 saturated heterocycles. The second kappa shape index (κ2) is 9.97. The lowest BCUT2D eigenvalue weighted by Gasteiger charge is -2.45. The molecule has 1 saturated carbocycles. The van der Waals surface area contributed by atoms with E-state index in [2.05, 4.69) is 4.98 Å². The van der Waals surface area contributed by atoms with Gasteiger partial charge in [-0.1, -0.05) is 30.3 Å². The Kier molecular flexibility index (Phi) is 7.02. The van der Waals surface area contributed by atoms with Crippen molar-refractivity contribution >= 4 is 11.9 Å². The lowest BCUT2D eigenvalue weighted by Crippen LogP contribution is -2.49. The largest absolute Gasteiger partial charge is 0.481 e. The zero-order chi connectivity index (χ0) is 24.3. The van der Waals surface area contributed by atoms with E-state index in [0.29, 0.717) is 25.2 Å². The summed E-state index contributed by atoms with van der Waals surface area (Å²) in [5, 5.41) is 0. The molecule has 0 N–H and O–H groups in total. The molecule has 182 valence electrons. The van der Waals surface area contributed by atoms with Crippen molar-refractivity contribution < 1.29 is 23.8 Å². The van der Waals surface area contributed by atoms with E-state index in [0.717, 1.165) is 18.4 Å². The molecular weight excluding hydrogens is 438 g/mol. The number of nitrogens with zero attached hydrogens (tertiary/aromatic N) is 3. The molecule has 1 aromatic heterocycles. The Morgan fingerprint density at radius 1 is 1.24 bits per heavy atom. The predicted octanol–water partition coefficient (Wildman–Crippen LogP) is 2.50. The third-order valence-corrected chi connectivity index (χ3v) is 6.45. The summed E-state index contributed by atoms with van der Waals surface area (Å²) in [4.78, 5) is 44.8. The summed E-state index contributed by atoms with van der Waals surface area (Å²) < 4.78 is 18.8. The Hall–Kier alpha value is -3.20. The first-order valence-corrected chi connectivity index (χ1v) is 11.7. The van der Waals surface area contributed by atoms with Crippen LogP contribution in [0.4, 0.5) is 0 Å². The van der Waals surface area contributed by atoms with Crippen LogP contribution in [0.15, 0.2) is 35.1 Å². The molecule has 2 atom stereocenters. The van der Waals surface area contributed by atoms with Crippen LogP contribution in [0.5, 0.6) is 5.75 Å². The highest BCUT2D eigenvalue weighted by molar-refractivity contribution is 5.90. The van der Waals surface area contributed by atoms with Gasteiger partial charge in [-0.2, -0.15) is 0 Å². The van der Waals surface area contributed by atoms with Crippen LogP contribution in [0.25, 0.3) is 0 Å². The van der Waals surface area contributed by atoms with E-state index in [4.69, 9.17) is 14.2 Å². The van der Waals surface area contributed by atoms with E-state index in [-0.39, 0.29) is 43.1 Å². The fourth-order valence-electron chi connectivity index (χ4n) is 4.74. The quantitative estimate of drug-likeness (QED) is 0.548. The molecule has 2 bridgehead atoms. The second-order valence-electron chi connectivity index (χ2n) is 9.06. The smallest absolute Gasteiger partial charge is 0.361 e. The van der Waals surface area contributed by atoms with Crippen molar-refractivity contribution in [3.8, 4) is 5.75 Å². The van der Waals surface area contributed by atoms with Crippen molar-refractivity contribution in [1.82, 2.24) is 14.5 Å². The van der Waals surface area contributed by atoms with Crippen LogP contribution in [0.3, 0.4) is 0 Å². The van der Waals surface area contributed by atoms with Crippen LogP contribution in [0.1, 0.15) is 54.5 Å². The fraction of sp³-hybridized carbons (Fsp3) is 0.520. The maximum Gasteiger partial charge on any atom is 0.361 e. The van der Waals surface area contributed by atoms with Crippen molar-refractivity contribution in [1.29, 1.82) is 0 Å². The zero-order valence-corrected chi connectivity index (χ0v) is 19.9. The number of likely N-dealkylation sites (N-methyl/N-ethyl adjacent to an activating group) is 1. The summed E-state index contributed by atoms with van der Waals surface area (Å²) in [6, 6.07) is 9.40. The van der Waals surface area contributed by atoms with E-state index < -0.39 is 17.1 Å². The molecule has 2 heterocycles. The number of benzene rings is 1. The Morgan fingerprint density at radius 3 is 2.71 bits per heavy atom. The van der Waals surface area contributed by atoms with Gasteiger partial charge in [0.25, 0.3) is 5.56 Å². The molecule has 9 heteroatoms. The van der Waals surface area contributed by atoms with Crippen LogP contribution in [0.2, 0.25) is 0 Å². The zero-order valence-electron chi connectivity index (χ0n) is 19.9.